The van der Waals surface area contributed by atoms with Gasteiger partial charge in [-0.25, -0.2) is 9.67 Å². The Bertz CT molecular complexity index is 863. The Kier molecular flexibility index (Phi) is 5.61. The van der Waals surface area contributed by atoms with Gasteiger partial charge in [-0.2, -0.15) is 0 Å². The Hall–Kier alpha value is -3.48. The Balaban J connectivity index is 1.88. The summed E-state index contributed by atoms with van der Waals surface area (Å²) in [5, 5.41) is 9.63. The molecule has 0 spiro atoms. The molecule has 0 aliphatic heterocycles. The number of carbonyl (C=O) groups is 2. The van der Waals surface area contributed by atoms with E-state index in [0.29, 0.717) is 5.82 Å². The normalized spacial score (nSPS) is 10.6. The van der Waals surface area contributed by atoms with E-state index in [0.717, 1.165) is 11.3 Å². The molecule has 0 aliphatic carbocycles. The van der Waals surface area contributed by atoms with Gasteiger partial charge in [-0.3, -0.25) is 9.59 Å². The molecule has 27 heavy (non-hydrogen) atoms. The summed E-state index contributed by atoms with van der Waals surface area (Å²) < 4.78 is 1.62. The standard InChI is InChI=1S/C20H21N5O2/c1-14(2)22-17(26)13-21-20(27)18-23-19(15-9-5-3-6-10-15)25(24-18)16-11-7-4-8-12-16/h3-12,14H,13H2,1-2H3,(H,21,27)(H,22,26). The van der Waals surface area contributed by atoms with Crippen LogP contribution in [-0.2, 0) is 4.79 Å². The Morgan fingerprint density at radius 1 is 1.00 bits per heavy atom. The van der Waals surface area contributed by atoms with Crippen molar-refractivity contribution in [2.24, 2.45) is 0 Å². The SMILES string of the molecule is CC(C)NC(=O)CNC(=O)c1nc(-c2ccccc2)n(-c2ccccc2)n1. The van der Waals surface area contributed by atoms with Crippen molar-refractivity contribution in [3.05, 3.63) is 66.5 Å². The van der Waals surface area contributed by atoms with E-state index in [-0.39, 0.29) is 24.3 Å². The van der Waals surface area contributed by atoms with Crippen molar-refractivity contribution in [2.75, 3.05) is 6.54 Å². The molecular formula is C20H21N5O2. The van der Waals surface area contributed by atoms with Gasteiger partial charge >= 0.3 is 0 Å². The summed E-state index contributed by atoms with van der Waals surface area (Å²) in [6.07, 6.45) is 0. The number of hydrogen-bond donors (Lipinski definition) is 2. The van der Waals surface area contributed by atoms with E-state index in [1.165, 1.54) is 0 Å². The zero-order valence-electron chi connectivity index (χ0n) is 15.2. The van der Waals surface area contributed by atoms with Crippen LogP contribution < -0.4 is 10.6 Å². The summed E-state index contributed by atoms with van der Waals surface area (Å²) >= 11 is 0. The molecule has 0 atom stereocenters. The molecule has 1 heterocycles. The summed E-state index contributed by atoms with van der Waals surface area (Å²) in [6.45, 7) is 3.58. The van der Waals surface area contributed by atoms with Gasteiger partial charge < -0.3 is 10.6 Å². The molecule has 2 aromatic carbocycles. The first-order valence-electron chi connectivity index (χ1n) is 8.70. The number of carbonyl (C=O) groups excluding carboxylic acids is 2. The fourth-order valence-electron chi connectivity index (χ4n) is 2.54. The number of benzene rings is 2. The average molecular weight is 363 g/mol. The van der Waals surface area contributed by atoms with Crippen LogP contribution in [-0.4, -0.2) is 39.2 Å². The summed E-state index contributed by atoms with van der Waals surface area (Å²) in [5.41, 5.74) is 1.63. The molecule has 0 radical (unpaired) electrons. The lowest BCUT2D eigenvalue weighted by molar-refractivity contribution is -0.120. The number of nitrogens with zero attached hydrogens (tertiary/aromatic N) is 3. The molecule has 0 unspecified atom stereocenters. The summed E-state index contributed by atoms with van der Waals surface area (Å²) in [6, 6.07) is 19.0. The molecule has 2 N–H and O–H groups in total. The molecule has 3 rings (SSSR count). The molecule has 3 aromatic rings. The van der Waals surface area contributed by atoms with Gasteiger partial charge in [0.2, 0.25) is 11.7 Å². The predicted octanol–water partition coefficient (Wildman–Crippen LogP) is 2.19. The Labute approximate surface area is 157 Å². The zero-order valence-corrected chi connectivity index (χ0v) is 15.2. The van der Waals surface area contributed by atoms with Crippen LogP contribution in [0.15, 0.2) is 60.7 Å². The fraction of sp³-hybridized carbons (Fsp3) is 0.200. The van der Waals surface area contributed by atoms with E-state index in [2.05, 4.69) is 20.7 Å². The van der Waals surface area contributed by atoms with E-state index in [9.17, 15) is 9.59 Å². The number of aromatic nitrogens is 3. The lowest BCUT2D eigenvalue weighted by Gasteiger charge is -2.08. The van der Waals surface area contributed by atoms with Gasteiger partial charge in [0.05, 0.1) is 12.2 Å². The van der Waals surface area contributed by atoms with Gasteiger partial charge in [0.25, 0.3) is 5.91 Å². The van der Waals surface area contributed by atoms with Crippen LogP contribution >= 0.6 is 0 Å². The first kappa shape index (κ1) is 18.3. The molecular weight excluding hydrogens is 342 g/mol. The minimum atomic E-state index is -0.499. The molecule has 7 nitrogen and oxygen atoms in total. The zero-order chi connectivity index (χ0) is 19.2. The van der Waals surface area contributed by atoms with Crippen LogP contribution in [0.1, 0.15) is 24.5 Å². The number of amides is 2. The third-order valence-electron chi connectivity index (χ3n) is 3.70. The molecule has 0 bridgehead atoms. The first-order chi connectivity index (χ1) is 13.0. The van der Waals surface area contributed by atoms with Gasteiger partial charge in [0.1, 0.15) is 0 Å². The van der Waals surface area contributed by atoms with Crippen molar-refractivity contribution < 1.29 is 9.59 Å². The number of rotatable bonds is 6. The van der Waals surface area contributed by atoms with Crippen molar-refractivity contribution in [3.8, 4) is 17.1 Å². The molecule has 138 valence electrons. The van der Waals surface area contributed by atoms with E-state index >= 15 is 0 Å². The molecule has 0 aliphatic rings. The molecule has 1 aromatic heterocycles. The number of nitrogens with one attached hydrogen (secondary N) is 2. The van der Waals surface area contributed by atoms with E-state index < -0.39 is 5.91 Å². The van der Waals surface area contributed by atoms with Crippen molar-refractivity contribution >= 4 is 11.8 Å². The first-order valence-corrected chi connectivity index (χ1v) is 8.70. The van der Waals surface area contributed by atoms with Gasteiger partial charge in [-0.15, -0.1) is 5.10 Å². The largest absolute Gasteiger partial charge is 0.352 e. The van der Waals surface area contributed by atoms with Crippen LogP contribution in [0.2, 0.25) is 0 Å². The van der Waals surface area contributed by atoms with Crippen molar-refractivity contribution in [2.45, 2.75) is 19.9 Å². The van der Waals surface area contributed by atoms with Gasteiger partial charge in [0, 0.05) is 11.6 Å². The summed E-state index contributed by atoms with van der Waals surface area (Å²) in [7, 11) is 0. The highest BCUT2D eigenvalue weighted by Gasteiger charge is 2.19. The minimum Gasteiger partial charge on any atom is -0.352 e. The molecule has 0 saturated carbocycles. The highest BCUT2D eigenvalue weighted by Crippen LogP contribution is 2.20. The maximum absolute atomic E-state index is 12.4. The second-order valence-corrected chi connectivity index (χ2v) is 6.28. The second kappa shape index (κ2) is 8.27. The summed E-state index contributed by atoms with van der Waals surface area (Å²) in [4.78, 5) is 28.6. The lowest BCUT2D eigenvalue weighted by Crippen LogP contribution is -2.40. The smallest absolute Gasteiger partial charge is 0.291 e. The predicted molar refractivity (Wildman–Crippen MR) is 102 cm³/mol. The van der Waals surface area contributed by atoms with E-state index in [1.54, 1.807) is 4.68 Å². The monoisotopic (exact) mass is 363 g/mol. The Morgan fingerprint density at radius 3 is 2.26 bits per heavy atom. The van der Waals surface area contributed by atoms with Gasteiger partial charge in [-0.05, 0) is 26.0 Å². The van der Waals surface area contributed by atoms with Crippen LogP contribution in [0.25, 0.3) is 17.1 Å². The quantitative estimate of drug-likeness (QED) is 0.703. The Morgan fingerprint density at radius 2 is 1.63 bits per heavy atom. The highest BCUT2D eigenvalue weighted by molar-refractivity contribution is 5.93. The van der Waals surface area contributed by atoms with Gasteiger partial charge in [-0.1, -0.05) is 48.5 Å². The van der Waals surface area contributed by atoms with Gasteiger partial charge in [0.15, 0.2) is 5.82 Å². The highest BCUT2D eigenvalue weighted by atomic mass is 16.2. The maximum Gasteiger partial charge on any atom is 0.291 e. The maximum atomic E-state index is 12.4. The molecule has 0 fully saturated rings. The topological polar surface area (TPSA) is 88.9 Å². The van der Waals surface area contributed by atoms with Crippen molar-refractivity contribution in [1.29, 1.82) is 0 Å². The van der Waals surface area contributed by atoms with Crippen LogP contribution in [0.5, 0.6) is 0 Å². The van der Waals surface area contributed by atoms with Crippen LogP contribution in [0, 0.1) is 0 Å². The molecule has 0 saturated heterocycles. The van der Waals surface area contributed by atoms with Crippen molar-refractivity contribution in [1.82, 2.24) is 25.4 Å². The third kappa shape index (κ3) is 4.58. The van der Waals surface area contributed by atoms with Crippen LogP contribution in [0.3, 0.4) is 0 Å². The average Bonchev–Trinajstić information content (AvgIpc) is 3.12. The number of hydrogen-bond acceptors (Lipinski definition) is 4. The summed E-state index contributed by atoms with van der Waals surface area (Å²) in [5.74, 6) is -0.196. The lowest BCUT2D eigenvalue weighted by atomic mass is 10.2. The third-order valence-corrected chi connectivity index (χ3v) is 3.70. The van der Waals surface area contributed by atoms with E-state index in [1.807, 2.05) is 74.5 Å². The van der Waals surface area contributed by atoms with Crippen molar-refractivity contribution in [3.63, 3.8) is 0 Å². The minimum absolute atomic E-state index is 0.00880. The molecule has 2 amide bonds. The second-order valence-electron chi connectivity index (χ2n) is 6.28. The molecule has 7 heteroatoms. The van der Waals surface area contributed by atoms with Crippen LogP contribution in [0.4, 0.5) is 0 Å². The fourth-order valence-corrected chi connectivity index (χ4v) is 2.54. The number of para-hydroxylation sites is 1. The van der Waals surface area contributed by atoms with E-state index in [4.69, 9.17) is 0 Å².